The molecule has 30 heavy (non-hydrogen) atoms. The van der Waals surface area contributed by atoms with Gasteiger partial charge < -0.3 is 10.1 Å². The van der Waals surface area contributed by atoms with E-state index in [-0.39, 0.29) is 11.4 Å². The first-order chi connectivity index (χ1) is 14.2. The van der Waals surface area contributed by atoms with Gasteiger partial charge in [0.05, 0.1) is 16.8 Å². The van der Waals surface area contributed by atoms with Crippen LogP contribution in [0.3, 0.4) is 0 Å². The average molecular weight is 415 g/mol. The van der Waals surface area contributed by atoms with E-state index in [9.17, 15) is 29.3 Å². The van der Waals surface area contributed by atoms with Gasteiger partial charge in [0, 0.05) is 6.07 Å². The number of esters is 1. The Morgan fingerprint density at radius 2 is 1.77 bits per heavy atom. The Labute approximate surface area is 172 Å². The number of nitro benzene ring substituents is 1. The van der Waals surface area contributed by atoms with Gasteiger partial charge in [-0.2, -0.15) is 0 Å². The van der Waals surface area contributed by atoms with E-state index in [4.69, 9.17) is 4.74 Å². The zero-order chi connectivity index (χ0) is 22.0. The predicted molar refractivity (Wildman–Crippen MR) is 104 cm³/mol. The van der Waals surface area contributed by atoms with Crippen LogP contribution >= 0.6 is 0 Å². The third-order valence-corrected chi connectivity index (χ3v) is 5.43. The van der Waals surface area contributed by atoms with E-state index in [0.29, 0.717) is 18.4 Å². The minimum Gasteiger partial charge on any atom is -0.454 e. The molecule has 1 aliphatic carbocycles. The highest BCUT2D eigenvalue weighted by Gasteiger charge is 2.47. The average Bonchev–Trinajstić information content (AvgIpc) is 2.95. The highest BCUT2D eigenvalue weighted by molar-refractivity contribution is 6.07. The fraction of sp³-hybridized carbons (Fsp3) is 0.400. The Bertz CT molecular complexity index is 943. The fourth-order valence-electron chi connectivity index (χ4n) is 3.63. The number of anilines is 1. The number of aryl methyl sites for hydroxylation is 1. The molecule has 1 N–H and O–H groups in total. The van der Waals surface area contributed by atoms with Crippen molar-refractivity contribution >= 4 is 35.1 Å². The Morgan fingerprint density at radius 1 is 1.17 bits per heavy atom. The van der Waals surface area contributed by atoms with Crippen LogP contribution < -0.4 is 5.32 Å². The summed E-state index contributed by atoms with van der Waals surface area (Å²) in [6.45, 7) is 2.10. The van der Waals surface area contributed by atoms with Crippen LogP contribution in [0.15, 0.2) is 24.3 Å². The second kappa shape index (κ2) is 8.44. The molecule has 0 radical (unpaired) electrons. The zero-order valence-electron chi connectivity index (χ0n) is 16.5. The van der Waals surface area contributed by atoms with Crippen LogP contribution in [0.4, 0.5) is 11.4 Å². The number of likely N-dealkylation sites (tertiary alicyclic amines) is 1. The molecule has 0 saturated carbocycles. The molecule has 1 aromatic carbocycles. The van der Waals surface area contributed by atoms with Gasteiger partial charge in [-0.05, 0) is 37.8 Å². The first-order valence-electron chi connectivity index (χ1n) is 9.41. The van der Waals surface area contributed by atoms with E-state index in [1.54, 1.807) is 19.9 Å². The van der Waals surface area contributed by atoms with Crippen LogP contribution in [-0.4, -0.2) is 46.7 Å². The van der Waals surface area contributed by atoms with Crippen LogP contribution in [0.5, 0.6) is 0 Å². The molecule has 1 heterocycles. The second-order valence-corrected chi connectivity index (χ2v) is 7.29. The molecule has 10 heteroatoms. The number of carbonyl (C=O) groups excluding carboxylic acids is 4. The van der Waals surface area contributed by atoms with Crippen molar-refractivity contribution in [2.24, 2.45) is 11.8 Å². The number of amides is 3. The number of nitro groups is 1. The lowest BCUT2D eigenvalue weighted by molar-refractivity contribution is -0.384. The van der Waals surface area contributed by atoms with Gasteiger partial charge in [0.15, 0.2) is 6.61 Å². The third kappa shape index (κ3) is 4.07. The van der Waals surface area contributed by atoms with E-state index >= 15 is 0 Å². The van der Waals surface area contributed by atoms with Gasteiger partial charge in [-0.3, -0.25) is 34.2 Å². The molecule has 10 nitrogen and oxygen atoms in total. The van der Waals surface area contributed by atoms with Crippen molar-refractivity contribution in [2.75, 3.05) is 18.5 Å². The highest BCUT2D eigenvalue weighted by Crippen LogP contribution is 2.35. The van der Waals surface area contributed by atoms with Crippen LogP contribution in [0, 0.1) is 35.8 Å². The standard InChI is InChI=1S/C20H21N3O7/c1-11-7-8-15(23(28)29)18(12(11)2)21-16(24)10-30-17(25)9-22-19(26)13-5-3-4-6-14(13)20(22)27/h3-4,7-8,13-14H,5-6,9-10H2,1-2H3,(H,21,24)/t13-,14+. The lowest BCUT2D eigenvalue weighted by atomic mass is 9.85. The van der Waals surface area contributed by atoms with Crippen molar-refractivity contribution in [2.45, 2.75) is 26.7 Å². The molecule has 158 valence electrons. The lowest BCUT2D eigenvalue weighted by Gasteiger charge is -2.14. The molecule has 0 spiro atoms. The second-order valence-electron chi connectivity index (χ2n) is 7.29. The van der Waals surface area contributed by atoms with Crippen molar-refractivity contribution in [3.05, 3.63) is 45.5 Å². The number of rotatable bonds is 6. The normalized spacial score (nSPS) is 20.1. The summed E-state index contributed by atoms with van der Waals surface area (Å²) >= 11 is 0. The number of ether oxygens (including phenoxy) is 1. The molecule has 0 unspecified atom stereocenters. The minimum atomic E-state index is -0.908. The van der Waals surface area contributed by atoms with E-state index in [1.807, 2.05) is 12.2 Å². The number of allylic oxidation sites excluding steroid dienone is 2. The maximum absolute atomic E-state index is 12.4. The zero-order valence-corrected chi connectivity index (χ0v) is 16.5. The first-order valence-corrected chi connectivity index (χ1v) is 9.41. The van der Waals surface area contributed by atoms with Crippen molar-refractivity contribution in [1.29, 1.82) is 0 Å². The van der Waals surface area contributed by atoms with Crippen LogP contribution in [0.1, 0.15) is 24.0 Å². The Morgan fingerprint density at radius 3 is 2.33 bits per heavy atom. The summed E-state index contributed by atoms with van der Waals surface area (Å²) in [6, 6.07) is 2.85. The molecular weight excluding hydrogens is 394 g/mol. The summed E-state index contributed by atoms with van der Waals surface area (Å²) in [5, 5.41) is 13.6. The summed E-state index contributed by atoms with van der Waals surface area (Å²) in [5.74, 6) is -3.42. The molecule has 2 aliphatic rings. The first kappa shape index (κ1) is 21.2. The molecule has 0 aromatic heterocycles. The van der Waals surface area contributed by atoms with Crippen LogP contribution in [0.25, 0.3) is 0 Å². The smallest absolute Gasteiger partial charge is 0.326 e. The summed E-state index contributed by atoms with van der Waals surface area (Å²) < 4.78 is 4.88. The van der Waals surface area contributed by atoms with Crippen molar-refractivity contribution in [3.8, 4) is 0 Å². The number of benzene rings is 1. The molecule has 1 fully saturated rings. The number of nitrogens with zero attached hydrogens (tertiary/aromatic N) is 2. The van der Waals surface area contributed by atoms with Gasteiger partial charge in [-0.15, -0.1) is 0 Å². The predicted octanol–water partition coefficient (Wildman–Crippen LogP) is 1.64. The maximum atomic E-state index is 12.4. The quantitative estimate of drug-likeness (QED) is 0.245. The number of imide groups is 1. The summed E-state index contributed by atoms with van der Waals surface area (Å²) in [5.41, 5.74) is 1.02. The van der Waals surface area contributed by atoms with Gasteiger partial charge >= 0.3 is 5.97 Å². The van der Waals surface area contributed by atoms with Gasteiger partial charge in [0.2, 0.25) is 11.8 Å². The molecule has 2 atom stereocenters. The molecule has 0 bridgehead atoms. The molecule has 1 aromatic rings. The van der Waals surface area contributed by atoms with E-state index < -0.39 is 53.6 Å². The maximum Gasteiger partial charge on any atom is 0.326 e. The van der Waals surface area contributed by atoms with Crippen molar-refractivity contribution in [3.63, 3.8) is 0 Å². The Kier molecular flexibility index (Phi) is 5.95. The van der Waals surface area contributed by atoms with Crippen LogP contribution in [0.2, 0.25) is 0 Å². The molecular formula is C20H21N3O7. The van der Waals surface area contributed by atoms with Gasteiger partial charge in [-0.1, -0.05) is 18.2 Å². The topological polar surface area (TPSA) is 136 Å². The summed E-state index contributed by atoms with van der Waals surface area (Å²) in [6.07, 6.45) is 4.59. The van der Waals surface area contributed by atoms with Gasteiger partial charge in [0.25, 0.3) is 11.6 Å². The monoisotopic (exact) mass is 415 g/mol. The molecule has 1 saturated heterocycles. The van der Waals surface area contributed by atoms with Crippen molar-refractivity contribution in [1.82, 2.24) is 4.90 Å². The van der Waals surface area contributed by atoms with Gasteiger partial charge in [0.1, 0.15) is 12.2 Å². The molecule has 3 amide bonds. The Balaban J connectivity index is 1.58. The number of hydrogen-bond acceptors (Lipinski definition) is 7. The summed E-state index contributed by atoms with van der Waals surface area (Å²) in [4.78, 5) is 60.4. The minimum absolute atomic E-state index is 0.0301. The van der Waals surface area contributed by atoms with Crippen molar-refractivity contribution < 1.29 is 28.8 Å². The molecule has 3 rings (SSSR count). The van der Waals surface area contributed by atoms with E-state index in [2.05, 4.69) is 5.32 Å². The van der Waals surface area contributed by atoms with E-state index in [0.717, 1.165) is 10.5 Å². The van der Waals surface area contributed by atoms with E-state index in [1.165, 1.54) is 6.07 Å². The number of carbonyl (C=O) groups is 4. The SMILES string of the molecule is Cc1ccc([N+](=O)[O-])c(NC(=O)COC(=O)CN2C(=O)[C@H]3CC=CC[C@H]3C2=O)c1C. The highest BCUT2D eigenvalue weighted by atomic mass is 16.6. The number of nitrogens with one attached hydrogen (secondary N) is 1. The molecule has 1 aliphatic heterocycles. The van der Waals surface area contributed by atoms with Gasteiger partial charge in [-0.25, -0.2) is 0 Å². The summed E-state index contributed by atoms with van der Waals surface area (Å²) in [7, 11) is 0. The largest absolute Gasteiger partial charge is 0.454 e. The number of fused-ring (bicyclic) bond motifs is 1. The lowest BCUT2D eigenvalue weighted by Crippen LogP contribution is -2.37. The third-order valence-electron chi connectivity index (χ3n) is 5.43. The fourth-order valence-corrected chi connectivity index (χ4v) is 3.63. The van der Waals surface area contributed by atoms with Crippen LogP contribution in [-0.2, 0) is 23.9 Å². The number of hydrogen-bond donors (Lipinski definition) is 1. The Hall–Kier alpha value is -3.56.